The zero-order valence-electron chi connectivity index (χ0n) is 11.0. The average molecular weight is 248 g/mol. The first-order chi connectivity index (χ1) is 8.55. The summed E-state index contributed by atoms with van der Waals surface area (Å²) in [7, 11) is 0. The van der Waals surface area contributed by atoms with Crippen LogP contribution in [0.1, 0.15) is 44.2 Å². The smallest absolute Gasteiger partial charge is 0.347 e. The van der Waals surface area contributed by atoms with E-state index < -0.39 is 11.6 Å². The first-order valence-electron chi connectivity index (χ1n) is 6.59. The number of fused-ring (bicyclic) bond motifs is 1. The van der Waals surface area contributed by atoms with Gasteiger partial charge in [0, 0.05) is 0 Å². The van der Waals surface area contributed by atoms with Crippen LogP contribution in [0.25, 0.3) is 0 Å². The van der Waals surface area contributed by atoms with Gasteiger partial charge in [-0.2, -0.15) is 0 Å². The van der Waals surface area contributed by atoms with Gasteiger partial charge in [-0.05, 0) is 55.9 Å². The molecule has 1 aromatic rings. The number of hydrogen-bond acceptors (Lipinski definition) is 2. The lowest BCUT2D eigenvalue weighted by molar-refractivity contribution is -0.154. The van der Waals surface area contributed by atoms with E-state index in [4.69, 9.17) is 4.74 Å². The van der Waals surface area contributed by atoms with E-state index in [1.807, 2.05) is 19.1 Å². The lowest BCUT2D eigenvalue weighted by atomic mass is 10.0. The van der Waals surface area contributed by atoms with Crippen molar-refractivity contribution in [3.05, 3.63) is 29.3 Å². The Hall–Kier alpha value is -1.51. The highest BCUT2D eigenvalue weighted by Crippen LogP contribution is 2.29. The summed E-state index contributed by atoms with van der Waals surface area (Å²) in [6.07, 6.45) is 4.68. The van der Waals surface area contributed by atoms with Crippen molar-refractivity contribution in [1.29, 1.82) is 0 Å². The molecule has 3 nitrogen and oxygen atoms in total. The molecule has 0 amide bonds. The van der Waals surface area contributed by atoms with Crippen LogP contribution in [0.15, 0.2) is 18.2 Å². The number of carbonyl (C=O) groups is 1. The number of aryl methyl sites for hydroxylation is 2. The molecule has 0 spiro atoms. The van der Waals surface area contributed by atoms with Crippen LogP contribution in [0.2, 0.25) is 0 Å². The normalized spacial score (nSPS) is 17.0. The molecule has 1 N–H and O–H groups in total. The van der Waals surface area contributed by atoms with Gasteiger partial charge in [-0.3, -0.25) is 0 Å². The molecule has 2 rings (SSSR count). The van der Waals surface area contributed by atoms with E-state index in [-0.39, 0.29) is 0 Å². The summed E-state index contributed by atoms with van der Waals surface area (Å²) in [5.41, 5.74) is 1.55. The minimum absolute atomic E-state index is 0.513. The third-order valence-electron chi connectivity index (χ3n) is 3.59. The van der Waals surface area contributed by atoms with Gasteiger partial charge >= 0.3 is 5.97 Å². The molecule has 1 aliphatic rings. The SMILES string of the molecule is CCCC(C)(Oc1ccc2c(c1)CCC2)C(=O)O. The number of aliphatic carboxylic acids is 1. The van der Waals surface area contributed by atoms with Crippen molar-refractivity contribution in [1.82, 2.24) is 0 Å². The minimum atomic E-state index is -1.12. The van der Waals surface area contributed by atoms with Crippen molar-refractivity contribution in [2.24, 2.45) is 0 Å². The van der Waals surface area contributed by atoms with Crippen molar-refractivity contribution in [2.45, 2.75) is 51.6 Å². The summed E-state index contributed by atoms with van der Waals surface area (Å²) in [6.45, 7) is 3.61. The Bertz CT molecular complexity index is 453. The number of carboxylic acids is 1. The van der Waals surface area contributed by atoms with Gasteiger partial charge in [0.05, 0.1) is 0 Å². The first kappa shape index (κ1) is 12.9. The van der Waals surface area contributed by atoms with Crippen molar-refractivity contribution in [3.8, 4) is 5.75 Å². The van der Waals surface area contributed by atoms with E-state index in [0.717, 1.165) is 19.3 Å². The molecule has 0 saturated carbocycles. The third-order valence-corrected chi connectivity index (χ3v) is 3.59. The lowest BCUT2D eigenvalue weighted by Crippen LogP contribution is -2.41. The Morgan fingerprint density at radius 1 is 1.39 bits per heavy atom. The van der Waals surface area contributed by atoms with Gasteiger partial charge < -0.3 is 9.84 Å². The molecule has 0 heterocycles. The van der Waals surface area contributed by atoms with Crippen LogP contribution in [0.5, 0.6) is 5.75 Å². The predicted octanol–water partition coefficient (Wildman–Crippen LogP) is 3.20. The Morgan fingerprint density at radius 3 is 2.78 bits per heavy atom. The monoisotopic (exact) mass is 248 g/mol. The van der Waals surface area contributed by atoms with E-state index in [0.29, 0.717) is 12.2 Å². The van der Waals surface area contributed by atoms with Crippen LogP contribution >= 0.6 is 0 Å². The van der Waals surface area contributed by atoms with Crippen LogP contribution in [-0.2, 0) is 17.6 Å². The molecular weight excluding hydrogens is 228 g/mol. The molecule has 1 aromatic carbocycles. The Kier molecular flexibility index (Phi) is 3.60. The number of rotatable bonds is 5. The van der Waals surface area contributed by atoms with E-state index in [2.05, 4.69) is 6.07 Å². The maximum absolute atomic E-state index is 11.3. The number of ether oxygens (including phenoxy) is 1. The summed E-state index contributed by atoms with van der Waals surface area (Å²) in [5, 5.41) is 9.29. The quantitative estimate of drug-likeness (QED) is 0.870. The fourth-order valence-electron chi connectivity index (χ4n) is 2.55. The number of carboxylic acid groups (broad SMARTS) is 1. The number of benzene rings is 1. The molecule has 0 fully saturated rings. The van der Waals surface area contributed by atoms with Gasteiger partial charge in [0.1, 0.15) is 5.75 Å². The van der Waals surface area contributed by atoms with E-state index in [9.17, 15) is 9.90 Å². The highest BCUT2D eigenvalue weighted by Gasteiger charge is 2.34. The van der Waals surface area contributed by atoms with Gasteiger partial charge in [-0.1, -0.05) is 19.4 Å². The summed E-state index contributed by atoms with van der Waals surface area (Å²) in [5.74, 6) is -0.223. The van der Waals surface area contributed by atoms with Gasteiger partial charge in [0.2, 0.25) is 5.60 Å². The van der Waals surface area contributed by atoms with Crippen LogP contribution in [0.3, 0.4) is 0 Å². The number of hydrogen-bond donors (Lipinski definition) is 1. The van der Waals surface area contributed by atoms with Crippen molar-refractivity contribution in [3.63, 3.8) is 0 Å². The lowest BCUT2D eigenvalue weighted by Gasteiger charge is -2.26. The summed E-state index contributed by atoms with van der Waals surface area (Å²) >= 11 is 0. The molecule has 1 unspecified atom stereocenters. The van der Waals surface area contributed by atoms with Gasteiger partial charge in [-0.25, -0.2) is 4.79 Å². The van der Waals surface area contributed by atoms with Gasteiger partial charge in [0.25, 0.3) is 0 Å². The molecule has 98 valence electrons. The second kappa shape index (κ2) is 5.01. The summed E-state index contributed by atoms with van der Waals surface area (Å²) in [6, 6.07) is 5.95. The zero-order valence-corrected chi connectivity index (χ0v) is 11.0. The molecule has 0 radical (unpaired) electrons. The maximum atomic E-state index is 11.3. The largest absolute Gasteiger partial charge is 0.478 e. The second-order valence-electron chi connectivity index (χ2n) is 5.17. The Morgan fingerprint density at radius 2 is 2.11 bits per heavy atom. The van der Waals surface area contributed by atoms with Crippen LogP contribution in [0.4, 0.5) is 0 Å². The molecule has 1 atom stereocenters. The average Bonchev–Trinajstić information content (AvgIpc) is 2.76. The minimum Gasteiger partial charge on any atom is -0.478 e. The van der Waals surface area contributed by atoms with Crippen LogP contribution in [-0.4, -0.2) is 16.7 Å². The van der Waals surface area contributed by atoms with Crippen LogP contribution < -0.4 is 4.74 Å². The van der Waals surface area contributed by atoms with Crippen LogP contribution in [0, 0.1) is 0 Å². The van der Waals surface area contributed by atoms with Crippen molar-refractivity contribution in [2.75, 3.05) is 0 Å². The fraction of sp³-hybridized carbons (Fsp3) is 0.533. The Labute approximate surface area is 108 Å². The molecule has 0 aromatic heterocycles. The molecule has 0 bridgehead atoms. The maximum Gasteiger partial charge on any atom is 0.347 e. The molecule has 0 aliphatic heterocycles. The fourth-order valence-corrected chi connectivity index (χ4v) is 2.55. The highest BCUT2D eigenvalue weighted by atomic mass is 16.5. The van der Waals surface area contributed by atoms with Gasteiger partial charge in [-0.15, -0.1) is 0 Å². The second-order valence-corrected chi connectivity index (χ2v) is 5.17. The zero-order chi connectivity index (χ0) is 13.2. The molecule has 0 saturated heterocycles. The topological polar surface area (TPSA) is 46.5 Å². The molecule has 1 aliphatic carbocycles. The predicted molar refractivity (Wildman–Crippen MR) is 70.0 cm³/mol. The first-order valence-corrected chi connectivity index (χ1v) is 6.59. The highest BCUT2D eigenvalue weighted by molar-refractivity contribution is 5.77. The van der Waals surface area contributed by atoms with Gasteiger partial charge in [0.15, 0.2) is 0 Å². The molecular formula is C15H20O3. The summed E-state index contributed by atoms with van der Waals surface area (Å²) < 4.78 is 5.73. The van der Waals surface area contributed by atoms with E-state index in [1.54, 1.807) is 6.92 Å². The molecule has 18 heavy (non-hydrogen) atoms. The standard InChI is InChI=1S/C15H20O3/c1-3-9-15(2,14(16)17)18-13-8-7-11-5-4-6-12(11)10-13/h7-8,10H,3-6,9H2,1-2H3,(H,16,17). The Balaban J connectivity index is 2.19. The molecule has 3 heteroatoms. The van der Waals surface area contributed by atoms with E-state index >= 15 is 0 Å². The van der Waals surface area contributed by atoms with Crippen molar-refractivity contribution < 1.29 is 14.6 Å². The third kappa shape index (κ3) is 2.50. The van der Waals surface area contributed by atoms with Crippen molar-refractivity contribution >= 4 is 5.97 Å². The van der Waals surface area contributed by atoms with E-state index in [1.165, 1.54) is 17.5 Å². The summed E-state index contributed by atoms with van der Waals surface area (Å²) in [4.78, 5) is 11.3.